The summed E-state index contributed by atoms with van der Waals surface area (Å²) in [5.74, 6) is 0. The Morgan fingerprint density at radius 3 is 2.89 bits per heavy atom. The fraction of sp³-hybridized carbons (Fsp3) is 0. The van der Waals surface area contributed by atoms with Crippen LogP contribution in [0.4, 0.5) is 0 Å². The molecule has 1 aromatic heterocycles. The highest BCUT2D eigenvalue weighted by Crippen LogP contribution is 2.06. The third kappa shape index (κ3) is 1.21. The van der Waals surface area contributed by atoms with Crippen LogP contribution in [0.15, 0.2) is 23.2 Å². The maximum Gasteiger partial charge on any atom is 0.153 e. The standard InChI is InChI=1S/C6H4N2S/c7-4-5-6(9)2-1-3-8-5/h1-3,9H. The lowest BCUT2D eigenvalue weighted by atomic mass is 10.4. The average molecular weight is 136 g/mol. The summed E-state index contributed by atoms with van der Waals surface area (Å²) in [5.41, 5.74) is 0.376. The summed E-state index contributed by atoms with van der Waals surface area (Å²) in [6.07, 6.45) is 1.57. The number of pyridine rings is 1. The van der Waals surface area contributed by atoms with Gasteiger partial charge in [0.2, 0.25) is 0 Å². The summed E-state index contributed by atoms with van der Waals surface area (Å²) in [6, 6.07) is 5.38. The van der Waals surface area contributed by atoms with Gasteiger partial charge in [-0.3, -0.25) is 0 Å². The minimum Gasteiger partial charge on any atom is -0.244 e. The van der Waals surface area contributed by atoms with Crippen molar-refractivity contribution >= 4 is 12.6 Å². The molecule has 0 aliphatic heterocycles. The zero-order valence-electron chi connectivity index (χ0n) is 4.57. The van der Waals surface area contributed by atoms with Crippen molar-refractivity contribution in [2.75, 3.05) is 0 Å². The van der Waals surface area contributed by atoms with Crippen LogP contribution in [0.5, 0.6) is 0 Å². The van der Waals surface area contributed by atoms with Crippen LogP contribution in [0.2, 0.25) is 0 Å². The molecule has 0 bridgehead atoms. The largest absolute Gasteiger partial charge is 0.244 e. The van der Waals surface area contributed by atoms with Crippen LogP contribution >= 0.6 is 12.6 Å². The van der Waals surface area contributed by atoms with Crippen LogP contribution in [0.3, 0.4) is 0 Å². The van der Waals surface area contributed by atoms with Gasteiger partial charge in [0.05, 0.1) is 0 Å². The molecule has 0 fully saturated rings. The Kier molecular flexibility index (Phi) is 1.71. The molecule has 0 saturated heterocycles. The number of hydrogen-bond acceptors (Lipinski definition) is 3. The number of nitriles is 1. The van der Waals surface area contributed by atoms with Crippen molar-refractivity contribution in [3.63, 3.8) is 0 Å². The molecule has 0 spiro atoms. The van der Waals surface area contributed by atoms with Crippen LogP contribution in [-0.2, 0) is 0 Å². The number of nitrogens with zero attached hydrogens (tertiary/aromatic N) is 2. The maximum atomic E-state index is 8.36. The summed E-state index contributed by atoms with van der Waals surface area (Å²) >= 11 is 3.99. The molecule has 0 unspecified atom stereocenters. The molecule has 9 heavy (non-hydrogen) atoms. The van der Waals surface area contributed by atoms with Crippen molar-refractivity contribution in [1.29, 1.82) is 5.26 Å². The molecule has 3 heteroatoms. The topological polar surface area (TPSA) is 36.7 Å². The third-order valence-electron chi connectivity index (χ3n) is 0.892. The van der Waals surface area contributed by atoms with Crippen molar-refractivity contribution in [3.8, 4) is 6.07 Å². The second-order valence-corrected chi connectivity index (χ2v) is 1.96. The van der Waals surface area contributed by atoms with E-state index in [2.05, 4.69) is 17.6 Å². The fourth-order valence-corrected chi connectivity index (χ4v) is 0.677. The third-order valence-corrected chi connectivity index (χ3v) is 1.25. The maximum absolute atomic E-state index is 8.36. The van der Waals surface area contributed by atoms with Crippen molar-refractivity contribution < 1.29 is 0 Å². The van der Waals surface area contributed by atoms with Crippen LogP contribution in [-0.4, -0.2) is 4.98 Å². The number of aromatic nitrogens is 1. The minimum atomic E-state index is 0.376. The second kappa shape index (κ2) is 2.51. The first-order chi connectivity index (χ1) is 4.34. The van der Waals surface area contributed by atoms with E-state index in [1.165, 1.54) is 0 Å². The molecule has 0 saturated carbocycles. The van der Waals surface area contributed by atoms with E-state index in [9.17, 15) is 0 Å². The Balaban J connectivity index is 3.20. The van der Waals surface area contributed by atoms with Crippen LogP contribution in [0.1, 0.15) is 5.69 Å². The molecule has 1 aromatic rings. The lowest BCUT2D eigenvalue weighted by Gasteiger charge is -1.88. The van der Waals surface area contributed by atoms with Crippen LogP contribution in [0.25, 0.3) is 0 Å². The zero-order valence-corrected chi connectivity index (χ0v) is 5.47. The van der Waals surface area contributed by atoms with Gasteiger partial charge in [-0.05, 0) is 12.1 Å². The van der Waals surface area contributed by atoms with Crippen LogP contribution < -0.4 is 0 Å². The van der Waals surface area contributed by atoms with Gasteiger partial charge < -0.3 is 0 Å². The number of hydrogen-bond donors (Lipinski definition) is 1. The van der Waals surface area contributed by atoms with Gasteiger partial charge in [0.15, 0.2) is 5.69 Å². The van der Waals surface area contributed by atoms with E-state index in [1.54, 1.807) is 18.3 Å². The highest BCUT2D eigenvalue weighted by atomic mass is 32.1. The number of rotatable bonds is 0. The quantitative estimate of drug-likeness (QED) is 0.545. The second-order valence-electron chi connectivity index (χ2n) is 1.48. The fourth-order valence-electron chi connectivity index (χ4n) is 0.483. The van der Waals surface area contributed by atoms with Gasteiger partial charge in [0.1, 0.15) is 6.07 Å². The van der Waals surface area contributed by atoms with E-state index < -0.39 is 0 Å². The minimum absolute atomic E-state index is 0.376. The summed E-state index contributed by atoms with van der Waals surface area (Å²) in [7, 11) is 0. The smallest absolute Gasteiger partial charge is 0.153 e. The van der Waals surface area contributed by atoms with Crippen LogP contribution in [0, 0.1) is 11.3 Å². The SMILES string of the molecule is N#Cc1ncccc1S. The molecule has 0 aliphatic rings. The van der Waals surface area contributed by atoms with Gasteiger partial charge in [0, 0.05) is 11.1 Å². The molecular formula is C6H4N2S. The molecule has 0 aromatic carbocycles. The lowest BCUT2D eigenvalue weighted by molar-refractivity contribution is 1.18. The first-order valence-electron chi connectivity index (χ1n) is 2.38. The summed E-state index contributed by atoms with van der Waals surface area (Å²) in [4.78, 5) is 4.38. The molecule has 1 heterocycles. The van der Waals surface area contributed by atoms with Gasteiger partial charge >= 0.3 is 0 Å². The lowest BCUT2D eigenvalue weighted by Crippen LogP contribution is -1.80. The van der Waals surface area contributed by atoms with Crippen molar-refractivity contribution in [3.05, 3.63) is 24.0 Å². The van der Waals surface area contributed by atoms with Crippen molar-refractivity contribution in [1.82, 2.24) is 4.98 Å². The highest BCUT2D eigenvalue weighted by Gasteiger charge is 1.93. The zero-order chi connectivity index (χ0) is 6.69. The van der Waals surface area contributed by atoms with Gasteiger partial charge in [0.25, 0.3) is 0 Å². The molecule has 1 rings (SSSR count). The first-order valence-corrected chi connectivity index (χ1v) is 2.83. The predicted molar refractivity (Wildman–Crippen MR) is 36.2 cm³/mol. The Hall–Kier alpha value is -1.01. The number of thiol groups is 1. The monoisotopic (exact) mass is 136 g/mol. The molecule has 0 aliphatic carbocycles. The van der Waals surface area contributed by atoms with Gasteiger partial charge in [-0.15, -0.1) is 12.6 Å². The Morgan fingerprint density at radius 1 is 1.67 bits per heavy atom. The van der Waals surface area contributed by atoms with E-state index in [-0.39, 0.29) is 0 Å². The average Bonchev–Trinajstić information content (AvgIpc) is 1.89. The van der Waals surface area contributed by atoms with E-state index in [0.29, 0.717) is 10.6 Å². The summed E-state index contributed by atoms with van der Waals surface area (Å²) in [6.45, 7) is 0. The molecule has 0 amide bonds. The van der Waals surface area contributed by atoms with E-state index in [1.807, 2.05) is 6.07 Å². The molecule has 0 radical (unpaired) electrons. The van der Waals surface area contributed by atoms with Gasteiger partial charge in [-0.25, -0.2) is 4.98 Å². The van der Waals surface area contributed by atoms with Crippen molar-refractivity contribution in [2.24, 2.45) is 0 Å². The summed E-state index contributed by atoms with van der Waals surface area (Å²) < 4.78 is 0. The molecule has 44 valence electrons. The van der Waals surface area contributed by atoms with E-state index in [0.717, 1.165) is 0 Å². The normalized spacial score (nSPS) is 8.44. The summed E-state index contributed by atoms with van der Waals surface area (Å²) in [5, 5.41) is 8.36. The van der Waals surface area contributed by atoms with Crippen molar-refractivity contribution in [2.45, 2.75) is 4.90 Å². The molecular weight excluding hydrogens is 132 g/mol. The Morgan fingerprint density at radius 2 is 2.44 bits per heavy atom. The van der Waals surface area contributed by atoms with E-state index >= 15 is 0 Å². The highest BCUT2D eigenvalue weighted by molar-refractivity contribution is 7.80. The Bertz CT molecular complexity index is 251. The van der Waals surface area contributed by atoms with Gasteiger partial charge in [-0.1, -0.05) is 0 Å². The molecule has 0 atom stereocenters. The predicted octanol–water partition coefficient (Wildman–Crippen LogP) is 1.24. The molecule has 0 N–H and O–H groups in total. The van der Waals surface area contributed by atoms with Gasteiger partial charge in [-0.2, -0.15) is 5.26 Å². The molecule has 2 nitrogen and oxygen atoms in total. The Labute approximate surface area is 58.6 Å². The first kappa shape index (κ1) is 6.12. The van der Waals surface area contributed by atoms with E-state index in [4.69, 9.17) is 5.26 Å².